The summed E-state index contributed by atoms with van der Waals surface area (Å²) in [6.45, 7) is 3.96. The van der Waals surface area contributed by atoms with Crippen molar-refractivity contribution in [2.24, 2.45) is 5.92 Å². The number of amides is 1. The van der Waals surface area contributed by atoms with Gasteiger partial charge in [0.15, 0.2) is 0 Å². The van der Waals surface area contributed by atoms with Gasteiger partial charge in [-0.15, -0.1) is 0 Å². The van der Waals surface area contributed by atoms with E-state index in [0.29, 0.717) is 6.54 Å². The SMILES string of the molecule is COc1ccc(CN2C(=O)CO[C@@H]3CN(CC4CC4)C[C@H]32)cc1.O=C(O)C(F)(F)F. The fourth-order valence-electron chi connectivity index (χ4n) is 3.69. The van der Waals surface area contributed by atoms with Crippen LogP contribution in [-0.2, 0) is 20.9 Å². The molecular formula is C20H25F3N2O5. The van der Waals surface area contributed by atoms with Crippen LogP contribution in [0.3, 0.4) is 0 Å². The van der Waals surface area contributed by atoms with E-state index >= 15 is 0 Å². The molecule has 166 valence electrons. The molecule has 1 aliphatic carbocycles. The highest BCUT2D eigenvalue weighted by atomic mass is 19.4. The molecule has 2 heterocycles. The zero-order chi connectivity index (χ0) is 21.9. The van der Waals surface area contributed by atoms with Crippen LogP contribution in [0.5, 0.6) is 5.75 Å². The number of likely N-dealkylation sites (tertiary alicyclic amines) is 1. The molecule has 7 nitrogen and oxygen atoms in total. The number of carboxylic acids is 1. The Morgan fingerprint density at radius 1 is 1.23 bits per heavy atom. The molecule has 0 bridgehead atoms. The van der Waals surface area contributed by atoms with Crippen molar-refractivity contribution in [3.8, 4) is 5.75 Å². The summed E-state index contributed by atoms with van der Waals surface area (Å²) in [5, 5.41) is 7.12. The fraction of sp³-hybridized carbons (Fsp3) is 0.600. The van der Waals surface area contributed by atoms with Crippen LogP contribution < -0.4 is 4.74 Å². The average Bonchev–Trinajstić information content (AvgIpc) is 3.41. The lowest BCUT2D eigenvalue weighted by Crippen LogP contribution is -2.53. The van der Waals surface area contributed by atoms with Gasteiger partial charge in [0.2, 0.25) is 5.91 Å². The normalized spacial score (nSPS) is 24.1. The summed E-state index contributed by atoms with van der Waals surface area (Å²) < 4.78 is 42.7. The van der Waals surface area contributed by atoms with Gasteiger partial charge in [-0.05, 0) is 36.5 Å². The van der Waals surface area contributed by atoms with Crippen molar-refractivity contribution in [1.29, 1.82) is 0 Å². The smallest absolute Gasteiger partial charge is 0.490 e. The summed E-state index contributed by atoms with van der Waals surface area (Å²) in [6, 6.07) is 8.16. The number of carbonyl (C=O) groups excluding carboxylic acids is 1. The maximum Gasteiger partial charge on any atom is 0.490 e. The molecule has 1 saturated carbocycles. The quantitative estimate of drug-likeness (QED) is 0.771. The Bertz CT molecular complexity index is 752. The Hall–Kier alpha value is -2.33. The number of carboxylic acid groups (broad SMARTS) is 1. The summed E-state index contributed by atoms with van der Waals surface area (Å²) >= 11 is 0. The second kappa shape index (κ2) is 9.22. The van der Waals surface area contributed by atoms with Gasteiger partial charge >= 0.3 is 12.1 Å². The van der Waals surface area contributed by atoms with Crippen LogP contribution >= 0.6 is 0 Å². The highest BCUT2D eigenvalue weighted by Crippen LogP contribution is 2.33. The maximum absolute atomic E-state index is 12.4. The molecule has 3 aliphatic rings. The monoisotopic (exact) mass is 430 g/mol. The first-order valence-corrected chi connectivity index (χ1v) is 9.74. The summed E-state index contributed by atoms with van der Waals surface area (Å²) in [6.07, 6.45) is -2.19. The second-order valence-corrected chi connectivity index (χ2v) is 7.75. The van der Waals surface area contributed by atoms with Gasteiger partial charge in [0, 0.05) is 26.2 Å². The topological polar surface area (TPSA) is 79.3 Å². The number of fused-ring (bicyclic) bond motifs is 1. The summed E-state index contributed by atoms with van der Waals surface area (Å²) in [5.74, 6) is -0.930. The molecule has 1 aromatic rings. The number of benzene rings is 1. The molecule has 3 fully saturated rings. The number of rotatable bonds is 5. The van der Waals surface area contributed by atoms with Gasteiger partial charge in [0.1, 0.15) is 12.4 Å². The molecule has 1 amide bonds. The van der Waals surface area contributed by atoms with E-state index in [0.717, 1.165) is 30.3 Å². The number of ether oxygens (including phenoxy) is 2. The van der Waals surface area contributed by atoms with E-state index in [-0.39, 0.29) is 24.7 Å². The van der Waals surface area contributed by atoms with Crippen molar-refractivity contribution in [2.75, 3.05) is 33.4 Å². The average molecular weight is 430 g/mol. The molecular weight excluding hydrogens is 405 g/mol. The van der Waals surface area contributed by atoms with E-state index in [1.165, 1.54) is 19.4 Å². The minimum absolute atomic E-state index is 0.107. The number of hydrogen-bond acceptors (Lipinski definition) is 5. The van der Waals surface area contributed by atoms with Crippen molar-refractivity contribution in [2.45, 2.75) is 37.7 Å². The van der Waals surface area contributed by atoms with Crippen LogP contribution in [0.2, 0.25) is 0 Å². The first kappa shape index (κ1) is 22.4. The molecule has 4 rings (SSSR count). The van der Waals surface area contributed by atoms with Gasteiger partial charge < -0.3 is 19.5 Å². The zero-order valence-electron chi connectivity index (χ0n) is 16.6. The van der Waals surface area contributed by atoms with Crippen LogP contribution in [-0.4, -0.2) is 78.5 Å². The molecule has 1 N–H and O–H groups in total. The lowest BCUT2D eigenvalue weighted by atomic mass is 10.1. The summed E-state index contributed by atoms with van der Waals surface area (Å²) in [4.78, 5) is 25.8. The Morgan fingerprint density at radius 2 is 1.87 bits per heavy atom. The lowest BCUT2D eigenvalue weighted by molar-refractivity contribution is -0.192. The number of methoxy groups -OCH3 is 1. The van der Waals surface area contributed by atoms with Crippen LogP contribution in [0.1, 0.15) is 18.4 Å². The van der Waals surface area contributed by atoms with E-state index in [1.807, 2.05) is 29.2 Å². The molecule has 2 aliphatic heterocycles. The minimum Gasteiger partial charge on any atom is -0.497 e. The highest BCUT2D eigenvalue weighted by molar-refractivity contribution is 5.78. The lowest BCUT2D eigenvalue weighted by Gasteiger charge is -2.36. The van der Waals surface area contributed by atoms with Crippen molar-refractivity contribution in [1.82, 2.24) is 9.80 Å². The van der Waals surface area contributed by atoms with Crippen molar-refractivity contribution in [3.05, 3.63) is 29.8 Å². The molecule has 2 saturated heterocycles. The van der Waals surface area contributed by atoms with Crippen molar-refractivity contribution < 1.29 is 37.3 Å². The third-order valence-corrected chi connectivity index (χ3v) is 5.42. The van der Waals surface area contributed by atoms with E-state index in [4.69, 9.17) is 19.4 Å². The van der Waals surface area contributed by atoms with Gasteiger partial charge in [-0.25, -0.2) is 4.79 Å². The van der Waals surface area contributed by atoms with Gasteiger partial charge in [-0.3, -0.25) is 9.69 Å². The summed E-state index contributed by atoms with van der Waals surface area (Å²) in [5.41, 5.74) is 1.14. The van der Waals surface area contributed by atoms with Gasteiger partial charge in [0.25, 0.3) is 0 Å². The van der Waals surface area contributed by atoms with Crippen LogP contribution in [0.4, 0.5) is 13.2 Å². The van der Waals surface area contributed by atoms with E-state index in [9.17, 15) is 18.0 Å². The standard InChI is InChI=1S/C18H24N2O3.C2HF3O2/c1-22-15-6-4-14(5-7-15)9-20-16-10-19(8-13-2-3-13)11-17(16)23-12-18(20)21;3-2(4,5)1(6)7/h4-7,13,16-17H,2-3,8-12H2,1H3;(H,6,7)/t16-,17-;/m1./s1. The van der Waals surface area contributed by atoms with Crippen LogP contribution in [0.15, 0.2) is 24.3 Å². The second-order valence-electron chi connectivity index (χ2n) is 7.75. The van der Waals surface area contributed by atoms with Gasteiger partial charge in [0.05, 0.1) is 19.3 Å². The van der Waals surface area contributed by atoms with Crippen molar-refractivity contribution >= 4 is 11.9 Å². The first-order valence-electron chi connectivity index (χ1n) is 9.74. The number of aliphatic carboxylic acids is 1. The fourth-order valence-corrected chi connectivity index (χ4v) is 3.69. The number of carbonyl (C=O) groups is 2. The minimum atomic E-state index is -5.08. The van der Waals surface area contributed by atoms with Gasteiger partial charge in [-0.1, -0.05) is 12.1 Å². The van der Waals surface area contributed by atoms with Crippen LogP contribution in [0, 0.1) is 5.92 Å². The van der Waals surface area contributed by atoms with Gasteiger partial charge in [-0.2, -0.15) is 13.2 Å². The predicted octanol–water partition coefficient (Wildman–Crippen LogP) is 2.15. The van der Waals surface area contributed by atoms with Crippen molar-refractivity contribution in [3.63, 3.8) is 0 Å². The van der Waals surface area contributed by atoms with Crippen LogP contribution in [0.25, 0.3) is 0 Å². The number of halogens is 3. The highest BCUT2D eigenvalue weighted by Gasteiger charge is 2.44. The number of alkyl halides is 3. The molecule has 30 heavy (non-hydrogen) atoms. The number of hydrogen-bond donors (Lipinski definition) is 1. The molecule has 1 aromatic carbocycles. The Balaban J connectivity index is 0.000000318. The molecule has 0 aromatic heterocycles. The van der Waals surface area contributed by atoms with E-state index in [1.54, 1.807) is 7.11 Å². The molecule has 0 unspecified atom stereocenters. The first-order chi connectivity index (χ1) is 14.2. The predicted molar refractivity (Wildman–Crippen MR) is 99.9 cm³/mol. The van der Waals surface area contributed by atoms with E-state index in [2.05, 4.69) is 4.90 Å². The Kier molecular flexibility index (Phi) is 6.87. The largest absolute Gasteiger partial charge is 0.497 e. The molecule has 0 spiro atoms. The van der Waals surface area contributed by atoms with E-state index < -0.39 is 12.1 Å². The Labute approximate surface area is 172 Å². The third-order valence-electron chi connectivity index (χ3n) is 5.42. The molecule has 10 heteroatoms. The number of morpholine rings is 1. The Morgan fingerprint density at radius 3 is 2.40 bits per heavy atom. The third kappa shape index (κ3) is 5.85. The summed E-state index contributed by atoms with van der Waals surface area (Å²) in [7, 11) is 1.66. The number of nitrogens with zero attached hydrogens (tertiary/aromatic N) is 2. The molecule has 2 atom stereocenters. The maximum atomic E-state index is 12.4. The molecule has 0 radical (unpaired) electrons. The zero-order valence-corrected chi connectivity index (χ0v) is 16.6.